The van der Waals surface area contributed by atoms with Gasteiger partial charge in [-0.05, 0) is 46.3 Å². The molecule has 0 fully saturated rings. The largest absolute Gasteiger partial charge is 0.455 e. The fraction of sp³-hybridized carbons (Fsp3) is 0.0667. The zero-order valence-electron chi connectivity index (χ0n) is 11.0. The lowest BCUT2D eigenvalue weighted by molar-refractivity contribution is 0.0467. The van der Waals surface area contributed by atoms with E-state index in [-0.39, 0.29) is 6.61 Å². The van der Waals surface area contributed by atoms with Gasteiger partial charge in [0.15, 0.2) is 0 Å². The van der Waals surface area contributed by atoms with E-state index in [1.54, 1.807) is 18.2 Å². The number of ether oxygens (including phenoxy) is 1. The number of imidazole rings is 1. The summed E-state index contributed by atoms with van der Waals surface area (Å²) in [5.74, 6) is -0.439. The Balaban J connectivity index is 1.74. The van der Waals surface area contributed by atoms with Crippen LogP contribution >= 0.6 is 15.9 Å². The highest BCUT2D eigenvalue weighted by Crippen LogP contribution is 2.20. The number of halogens is 1. The van der Waals surface area contributed by atoms with Crippen LogP contribution in [0.3, 0.4) is 0 Å². The minimum Gasteiger partial charge on any atom is -0.455 e. The standard InChI is InChI=1S/C15H12BrN3O2/c16-13-5-4-10(17)7-12(13)15(20)21-9-11-8-19-6-2-1-3-14(19)18-11/h1-8H,9,17H2. The van der Waals surface area contributed by atoms with Crippen molar-refractivity contribution in [1.29, 1.82) is 0 Å². The van der Waals surface area contributed by atoms with E-state index in [0.717, 1.165) is 5.65 Å². The summed E-state index contributed by atoms with van der Waals surface area (Å²) in [5, 5.41) is 0. The van der Waals surface area contributed by atoms with Crippen molar-refractivity contribution in [3.8, 4) is 0 Å². The molecule has 0 aliphatic carbocycles. The van der Waals surface area contributed by atoms with Crippen LogP contribution in [-0.2, 0) is 11.3 Å². The average molecular weight is 346 g/mol. The quantitative estimate of drug-likeness (QED) is 0.585. The van der Waals surface area contributed by atoms with Gasteiger partial charge in [0.2, 0.25) is 0 Å². The Labute approximate surface area is 129 Å². The molecule has 2 aromatic heterocycles. The maximum Gasteiger partial charge on any atom is 0.339 e. The molecule has 0 bridgehead atoms. The van der Waals surface area contributed by atoms with Gasteiger partial charge in [-0.15, -0.1) is 0 Å². The molecule has 106 valence electrons. The Morgan fingerprint density at radius 1 is 1.33 bits per heavy atom. The van der Waals surface area contributed by atoms with Crippen LogP contribution in [0.2, 0.25) is 0 Å². The molecule has 0 radical (unpaired) electrons. The minimum atomic E-state index is -0.439. The molecule has 1 aromatic carbocycles. The third-order valence-corrected chi connectivity index (χ3v) is 3.67. The Kier molecular flexibility index (Phi) is 3.62. The molecule has 0 aliphatic rings. The lowest BCUT2D eigenvalue weighted by Gasteiger charge is -2.05. The van der Waals surface area contributed by atoms with Gasteiger partial charge >= 0.3 is 5.97 Å². The zero-order valence-corrected chi connectivity index (χ0v) is 12.6. The molecule has 2 heterocycles. The fourth-order valence-corrected chi connectivity index (χ4v) is 2.38. The first-order chi connectivity index (χ1) is 10.1. The van der Waals surface area contributed by atoms with Gasteiger partial charge in [-0.2, -0.15) is 0 Å². The van der Waals surface area contributed by atoms with Crippen molar-refractivity contribution >= 4 is 33.2 Å². The topological polar surface area (TPSA) is 69.6 Å². The Morgan fingerprint density at radius 3 is 3.00 bits per heavy atom. The Hall–Kier alpha value is -2.34. The number of carbonyl (C=O) groups is 1. The van der Waals surface area contributed by atoms with E-state index in [2.05, 4.69) is 20.9 Å². The number of hydrogen-bond donors (Lipinski definition) is 1. The molecule has 0 amide bonds. The van der Waals surface area contributed by atoms with Gasteiger partial charge in [-0.1, -0.05) is 6.07 Å². The fourth-order valence-electron chi connectivity index (χ4n) is 1.97. The molecule has 2 N–H and O–H groups in total. The molecular weight excluding hydrogens is 334 g/mol. The van der Waals surface area contributed by atoms with Crippen LogP contribution < -0.4 is 5.73 Å². The van der Waals surface area contributed by atoms with Crippen molar-refractivity contribution in [2.45, 2.75) is 6.61 Å². The summed E-state index contributed by atoms with van der Waals surface area (Å²) in [4.78, 5) is 16.4. The van der Waals surface area contributed by atoms with Crippen LogP contribution in [0.5, 0.6) is 0 Å². The second-order valence-electron chi connectivity index (χ2n) is 4.51. The third kappa shape index (κ3) is 2.90. The lowest BCUT2D eigenvalue weighted by Crippen LogP contribution is -2.07. The summed E-state index contributed by atoms with van der Waals surface area (Å²) >= 11 is 3.31. The van der Waals surface area contributed by atoms with Gasteiger partial charge in [-0.25, -0.2) is 9.78 Å². The monoisotopic (exact) mass is 345 g/mol. The van der Waals surface area contributed by atoms with Crippen LogP contribution in [0.15, 0.2) is 53.3 Å². The smallest absolute Gasteiger partial charge is 0.339 e. The Morgan fingerprint density at radius 2 is 2.19 bits per heavy atom. The predicted octanol–water partition coefficient (Wildman–Crippen LogP) is 3.04. The molecule has 0 aliphatic heterocycles. The van der Waals surface area contributed by atoms with Crippen LogP contribution in [-0.4, -0.2) is 15.4 Å². The SMILES string of the molecule is Nc1ccc(Br)c(C(=O)OCc2cn3ccccc3n2)c1. The normalized spacial score (nSPS) is 10.7. The molecule has 6 heteroatoms. The number of pyridine rings is 1. The number of nitrogen functional groups attached to an aromatic ring is 1. The average Bonchev–Trinajstić information content (AvgIpc) is 2.90. The van der Waals surface area contributed by atoms with Crippen molar-refractivity contribution < 1.29 is 9.53 Å². The summed E-state index contributed by atoms with van der Waals surface area (Å²) in [7, 11) is 0. The second kappa shape index (κ2) is 5.57. The highest BCUT2D eigenvalue weighted by molar-refractivity contribution is 9.10. The third-order valence-electron chi connectivity index (χ3n) is 2.98. The van der Waals surface area contributed by atoms with E-state index in [4.69, 9.17) is 10.5 Å². The highest BCUT2D eigenvalue weighted by Gasteiger charge is 2.13. The van der Waals surface area contributed by atoms with Gasteiger partial charge in [-0.3, -0.25) is 0 Å². The van der Waals surface area contributed by atoms with Crippen molar-refractivity contribution in [3.63, 3.8) is 0 Å². The number of nitrogens with zero attached hydrogens (tertiary/aromatic N) is 2. The number of esters is 1. The minimum absolute atomic E-state index is 0.113. The van der Waals surface area contributed by atoms with Crippen molar-refractivity contribution in [1.82, 2.24) is 9.38 Å². The molecule has 0 saturated carbocycles. The number of benzene rings is 1. The van der Waals surface area contributed by atoms with Gasteiger partial charge in [0, 0.05) is 22.6 Å². The molecule has 5 nitrogen and oxygen atoms in total. The van der Waals surface area contributed by atoms with Crippen molar-refractivity contribution in [3.05, 3.63) is 64.5 Å². The first-order valence-corrected chi connectivity index (χ1v) is 7.07. The molecule has 3 aromatic rings. The predicted molar refractivity (Wildman–Crippen MR) is 82.9 cm³/mol. The van der Waals surface area contributed by atoms with E-state index in [9.17, 15) is 4.79 Å². The molecule has 0 saturated heterocycles. The summed E-state index contributed by atoms with van der Waals surface area (Å²) in [5.41, 5.74) is 8.10. The maximum atomic E-state index is 12.1. The second-order valence-corrected chi connectivity index (χ2v) is 5.37. The highest BCUT2D eigenvalue weighted by atomic mass is 79.9. The first-order valence-electron chi connectivity index (χ1n) is 6.28. The number of rotatable bonds is 3. The number of hydrogen-bond acceptors (Lipinski definition) is 4. The molecule has 21 heavy (non-hydrogen) atoms. The number of fused-ring (bicyclic) bond motifs is 1. The lowest BCUT2D eigenvalue weighted by atomic mass is 10.2. The maximum absolute atomic E-state index is 12.1. The van der Waals surface area contributed by atoms with E-state index in [1.165, 1.54) is 0 Å². The number of nitrogens with two attached hydrogens (primary N) is 1. The van der Waals surface area contributed by atoms with E-state index in [1.807, 2.05) is 35.0 Å². The molecule has 0 unspecified atom stereocenters. The zero-order chi connectivity index (χ0) is 14.8. The Bertz CT molecular complexity index is 781. The van der Waals surface area contributed by atoms with Gasteiger partial charge in [0.05, 0.1) is 11.3 Å². The van der Waals surface area contributed by atoms with Crippen molar-refractivity contribution in [2.75, 3.05) is 5.73 Å². The molecule has 0 atom stereocenters. The van der Waals surface area contributed by atoms with Gasteiger partial charge < -0.3 is 14.9 Å². The van der Waals surface area contributed by atoms with Crippen LogP contribution in [0.4, 0.5) is 5.69 Å². The van der Waals surface area contributed by atoms with Gasteiger partial charge in [0.1, 0.15) is 12.3 Å². The van der Waals surface area contributed by atoms with E-state index < -0.39 is 5.97 Å². The van der Waals surface area contributed by atoms with E-state index in [0.29, 0.717) is 21.4 Å². The molecular formula is C15H12BrN3O2. The molecule has 3 rings (SSSR count). The van der Waals surface area contributed by atoms with Crippen molar-refractivity contribution in [2.24, 2.45) is 0 Å². The summed E-state index contributed by atoms with van der Waals surface area (Å²) < 4.78 is 7.80. The summed E-state index contributed by atoms with van der Waals surface area (Å²) in [6.07, 6.45) is 3.72. The van der Waals surface area contributed by atoms with Crippen LogP contribution in [0.1, 0.15) is 16.1 Å². The van der Waals surface area contributed by atoms with Gasteiger partial charge in [0.25, 0.3) is 0 Å². The summed E-state index contributed by atoms with van der Waals surface area (Å²) in [6.45, 7) is 0.113. The van der Waals surface area contributed by atoms with Crippen LogP contribution in [0.25, 0.3) is 5.65 Å². The summed E-state index contributed by atoms with van der Waals surface area (Å²) in [6, 6.07) is 10.7. The molecule has 0 spiro atoms. The number of aromatic nitrogens is 2. The van der Waals surface area contributed by atoms with E-state index >= 15 is 0 Å². The first kappa shape index (κ1) is 13.6. The number of carbonyl (C=O) groups excluding carboxylic acids is 1. The number of anilines is 1. The van der Waals surface area contributed by atoms with Crippen LogP contribution in [0, 0.1) is 0 Å².